The molecule has 7 heteroatoms. The number of aromatic hydroxyl groups is 1. The van der Waals surface area contributed by atoms with Gasteiger partial charge in [0.25, 0.3) is 5.91 Å². The average molecular weight is 340 g/mol. The molecule has 0 fully saturated rings. The van der Waals surface area contributed by atoms with Crippen molar-refractivity contribution in [3.05, 3.63) is 74.5 Å². The maximum absolute atomic E-state index is 12.3. The normalized spacial score (nSPS) is 10.8. The number of fused-ring (bicyclic) bond motifs is 1. The molecule has 7 nitrogen and oxygen atoms in total. The number of rotatable bonds is 4. The number of pyridine rings is 1. The maximum Gasteiger partial charge on any atom is 0.258 e. The fraction of sp³-hybridized carbons (Fsp3) is 0.167. The molecule has 0 aliphatic carbocycles. The SMILES string of the molecule is Cc1c(O)c(=O)ccn1CCNC(=O)c1coc2ccccc2c1=O. The predicted molar refractivity (Wildman–Crippen MR) is 91.9 cm³/mol. The highest BCUT2D eigenvalue weighted by atomic mass is 16.3. The summed E-state index contributed by atoms with van der Waals surface area (Å²) in [6.45, 7) is 2.16. The van der Waals surface area contributed by atoms with E-state index in [1.807, 2.05) is 0 Å². The molecule has 0 atom stereocenters. The van der Waals surface area contributed by atoms with E-state index in [1.54, 1.807) is 35.8 Å². The minimum Gasteiger partial charge on any atom is -0.503 e. The lowest BCUT2D eigenvalue weighted by molar-refractivity contribution is 0.0949. The standard InChI is InChI=1S/C18H16N2O5/c1-11-16(22)14(21)6-8-20(11)9-7-19-18(24)13-10-25-15-5-3-2-4-12(15)17(13)23/h2-6,8,10,22H,7,9H2,1H3,(H,19,24). The van der Waals surface area contributed by atoms with Crippen LogP contribution in [0, 0.1) is 6.92 Å². The van der Waals surface area contributed by atoms with Crippen molar-refractivity contribution < 1.29 is 14.3 Å². The molecule has 0 unspecified atom stereocenters. The molecular formula is C18H16N2O5. The highest BCUT2D eigenvalue weighted by Gasteiger charge is 2.14. The Morgan fingerprint density at radius 2 is 2.00 bits per heavy atom. The van der Waals surface area contributed by atoms with Gasteiger partial charge in [0.1, 0.15) is 17.4 Å². The molecule has 3 rings (SSSR count). The van der Waals surface area contributed by atoms with Crippen molar-refractivity contribution in [2.24, 2.45) is 0 Å². The minimum atomic E-state index is -0.539. The van der Waals surface area contributed by atoms with E-state index in [0.717, 1.165) is 6.26 Å². The summed E-state index contributed by atoms with van der Waals surface area (Å²) in [7, 11) is 0. The van der Waals surface area contributed by atoms with Crippen molar-refractivity contribution in [2.45, 2.75) is 13.5 Å². The molecule has 0 spiro atoms. The van der Waals surface area contributed by atoms with Gasteiger partial charge in [-0.1, -0.05) is 12.1 Å². The lowest BCUT2D eigenvalue weighted by Gasteiger charge is -2.12. The van der Waals surface area contributed by atoms with Gasteiger partial charge in [-0.25, -0.2) is 0 Å². The number of hydrogen-bond donors (Lipinski definition) is 2. The van der Waals surface area contributed by atoms with Crippen molar-refractivity contribution in [2.75, 3.05) is 6.54 Å². The van der Waals surface area contributed by atoms with Crippen LogP contribution in [0.4, 0.5) is 0 Å². The first-order chi connectivity index (χ1) is 12.0. The van der Waals surface area contributed by atoms with Gasteiger partial charge in [-0.2, -0.15) is 0 Å². The largest absolute Gasteiger partial charge is 0.503 e. The number of carbonyl (C=O) groups is 1. The Bertz CT molecular complexity index is 1060. The fourth-order valence-electron chi connectivity index (χ4n) is 2.52. The van der Waals surface area contributed by atoms with Crippen LogP contribution < -0.4 is 16.2 Å². The van der Waals surface area contributed by atoms with E-state index >= 15 is 0 Å². The van der Waals surface area contributed by atoms with E-state index < -0.39 is 16.8 Å². The van der Waals surface area contributed by atoms with E-state index in [1.165, 1.54) is 12.3 Å². The third-order valence-corrected chi connectivity index (χ3v) is 3.98. The Kier molecular flexibility index (Phi) is 4.38. The van der Waals surface area contributed by atoms with Crippen LogP contribution in [-0.2, 0) is 6.54 Å². The van der Waals surface area contributed by atoms with Crippen molar-refractivity contribution in [3.63, 3.8) is 0 Å². The first kappa shape index (κ1) is 16.5. The van der Waals surface area contributed by atoms with Gasteiger partial charge in [-0.3, -0.25) is 14.4 Å². The Balaban J connectivity index is 1.74. The van der Waals surface area contributed by atoms with Crippen molar-refractivity contribution >= 4 is 16.9 Å². The third-order valence-electron chi connectivity index (χ3n) is 3.98. The molecule has 0 saturated heterocycles. The van der Waals surface area contributed by atoms with E-state index in [4.69, 9.17) is 4.42 Å². The summed E-state index contributed by atoms with van der Waals surface area (Å²) in [6.07, 6.45) is 2.68. The molecule has 0 saturated carbocycles. The number of nitrogens with one attached hydrogen (secondary N) is 1. The van der Waals surface area contributed by atoms with Gasteiger partial charge in [0.15, 0.2) is 5.75 Å². The van der Waals surface area contributed by atoms with Crippen LogP contribution in [-0.4, -0.2) is 22.1 Å². The number of amides is 1. The van der Waals surface area contributed by atoms with Crippen molar-refractivity contribution in [1.82, 2.24) is 9.88 Å². The average Bonchev–Trinajstić information content (AvgIpc) is 2.62. The third kappa shape index (κ3) is 3.16. The number of carbonyl (C=O) groups excluding carboxylic acids is 1. The number of nitrogens with zero attached hydrogens (tertiary/aromatic N) is 1. The van der Waals surface area contributed by atoms with Crippen LogP contribution in [0.3, 0.4) is 0 Å². The van der Waals surface area contributed by atoms with Crippen molar-refractivity contribution in [3.8, 4) is 5.75 Å². The van der Waals surface area contributed by atoms with E-state index in [9.17, 15) is 19.5 Å². The summed E-state index contributed by atoms with van der Waals surface area (Å²) in [4.78, 5) is 35.9. The Labute approximate surface area is 142 Å². The van der Waals surface area contributed by atoms with Crippen LogP contribution in [0.5, 0.6) is 5.75 Å². The van der Waals surface area contributed by atoms with Crippen LogP contribution in [0.2, 0.25) is 0 Å². The number of aromatic nitrogens is 1. The van der Waals surface area contributed by atoms with Crippen LogP contribution >= 0.6 is 0 Å². The second-order valence-corrected chi connectivity index (χ2v) is 5.54. The van der Waals surface area contributed by atoms with Gasteiger partial charge >= 0.3 is 0 Å². The van der Waals surface area contributed by atoms with Crippen LogP contribution in [0.15, 0.2) is 56.8 Å². The highest BCUT2D eigenvalue weighted by Crippen LogP contribution is 2.11. The predicted octanol–water partition coefficient (Wildman–Crippen LogP) is 1.40. The van der Waals surface area contributed by atoms with Crippen LogP contribution in [0.25, 0.3) is 11.0 Å². The molecule has 1 amide bonds. The maximum atomic E-state index is 12.3. The first-order valence-electron chi connectivity index (χ1n) is 7.67. The molecule has 128 valence electrons. The van der Waals surface area contributed by atoms with Gasteiger partial charge in [0.05, 0.1) is 11.1 Å². The van der Waals surface area contributed by atoms with Crippen LogP contribution in [0.1, 0.15) is 16.1 Å². The van der Waals surface area contributed by atoms with E-state index in [0.29, 0.717) is 23.2 Å². The zero-order valence-electron chi connectivity index (χ0n) is 13.5. The Morgan fingerprint density at radius 1 is 1.24 bits per heavy atom. The zero-order chi connectivity index (χ0) is 18.0. The molecule has 25 heavy (non-hydrogen) atoms. The monoisotopic (exact) mass is 340 g/mol. The Morgan fingerprint density at radius 3 is 2.80 bits per heavy atom. The second kappa shape index (κ2) is 6.64. The molecule has 3 aromatic rings. The summed E-state index contributed by atoms with van der Waals surface area (Å²) in [5.74, 6) is -0.855. The number of para-hydroxylation sites is 1. The first-order valence-corrected chi connectivity index (χ1v) is 7.67. The van der Waals surface area contributed by atoms with Gasteiger partial charge < -0.3 is 19.4 Å². The summed E-state index contributed by atoms with van der Waals surface area (Å²) >= 11 is 0. The molecule has 2 N–H and O–H groups in total. The Hall–Kier alpha value is -3.35. The summed E-state index contributed by atoms with van der Waals surface area (Å²) < 4.78 is 6.96. The van der Waals surface area contributed by atoms with Crippen molar-refractivity contribution in [1.29, 1.82) is 0 Å². The molecule has 0 bridgehead atoms. The molecule has 0 radical (unpaired) electrons. The van der Waals surface area contributed by atoms with Gasteiger partial charge in [-0.05, 0) is 19.1 Å². The molecule has 0 aliphatic heterocycles. The zero-order valence-corrected chi connectivity index (χ0v) is 13.5. The molecule has 2 heterocycles. The lowest BCUT2D eigenvalue weighted by atomic mass is 10.1. The fourth-order valence-corrected chi connectivity index (χ4v) is 2.52. The lowest BCUT2D eigenvalue weighted by Crippen LogP contribution is -2.31. The van der Waals surface area contributed by atoms with E-state index in [2.05, 4.69) is 5.32 Å². The summed E-state index contributed by atoms with van der Waals surface area (Å²) in [6, 6.07) is 7.95. The second-order valence-electron chi connectivity index (χ2n) is 5.54. The van der Waals surface area contributed by atoms with E-state index in [-0.39, 0.29) is 17.9 Å². The molecule has 0 aliphatic rings. The highest BCUT2D eigenvalue weighted by molar-refractivity contribution is 5.96. The number of benzene rings is 1. The van der Waals surface area contributed by atoms with Gasteiger partial charge in [-0.15, -0.1) is 0 Å². The summed E-state index contributed by atoms with van der Waals surface area (Å²) in [5, 5.41) is 12.6. The molecule has 1 aromatic carbocycles. The van der Waals surface area contributed by atoms with Gasteiger partial charge in [0.2, 0.25) is 10.9 Å². The smallest absolute Gasteiger partial charge is 0.258 e. The topological polar surface area (TPSA) is 102 Å². The van der Waals surface area contributed by atoms with Gasteiger partial charge in [0, 0.05) is 25.4 Å². The minimum absolute atomic E-state index is 0.0711. The number of hydrogen-bond acceptors (Lipinski definition) is 5. The summed E-state index contributed by atoms with van der Waals surface area (Å²) in [5.41, 5.74) is -0.0864. The quantitative estimate of drug-likeness (QED) is 0.747. The molecule has 2 aromatic heterocycles. The molecular weight excluding hydrogens is 324 g/mol.